The van der Waals surface area contributed by atoms with Gasteiger partial charge in [-0.25, -0.2) is 9.97 Å². The summed E-state index contributed by atoms with van der Waals surface area (Å²) in [7, 11) is 0. The molecular weight excluding hydrogens is 348 g/mol. The molecule has 0 bridgehead atoms. The van der Waals surface area contributed by atoms with Crippen LogP contribution < -0.4 is 0 Å². The third-order valence-electron chi connectivity index (χ3n) is 3.38. The number of nitrogens with zero attached hydrogens (tertiary/aromatic N) is 2. The second-order valence-corrected chi connectivity index (χ2v) is 7.33. The molecule has 0 saturated carbocycles. The number of hydrogen-bond acceptors (Lipinski definition) is 2. The summed E-state index contributed by atoms with van der Waals surface area (Å²) in [6.45, 7) is 8.73. The molecule has 0 atom stereocenters. The number of aromatic nitrogens is 2. The van der Waals surface area contributed by atoms with Crippen LogP contribution in [0.2, 0.25) is 5.15 Å². The summed E-state index contributed by atoms with van der Waals surface area (Å²) >= 11 is 9.68. The number of halogens is 2. The Balaban J connectivity index is 2.42. The van der Waals surface area contributed by atoms with Crippen LogP contribution in [0.25, 0.3) is 11.4 Å². The van der Waals surface area contributed by atoms with Gasteiger partial charge in [0.2, 0.25) is 0 Å². The summed E-state index contributed by atoms with van der Waals surface area (Å²) in [5, 5.41) is 0.475. The predicted octanol–water partition coefficient (Wildman–Crippen LogP) is 5.81. The zero-order chi connectivity index (χ0) is 15.6. The van der Waals surface area contributed by atoms with Crippen molar-refractivity contribution < 1.29 is 0 Å². The van der Waals surface area contributed by atoms with Gasteiger partial charge in [-0.2, -0.15) is 0 Å². The highest BCUT2D eigenvalue weighted by Gasteiger charge is 2.15. The van der Waals surface area contributed by atoms with Crippen molar-refractivity contribution >= 4 is 27.5 Å². The van der Waals surface area contributed by atoms with E-state index in [2.05, 4.69) is 77.9 Å². The van der Waals surface area contributed by atoms with Crippen molar-refractivity contribution in [3.8, 4) is 11.4 Å². The minimum Gasteiger partial charge on any atom is -0.232 e. The van der Waals surface area contributed by atoms with Gasteiger partial charge in [0.15, 0.2) is 5.82 Å². The first-order chi connectivity index (χ1) is 9.82. The van der Waals surface area contributed by atoms with Gasteiger partial charge in [0.25, 0.3) is 0 Å². The quantitative estimate of drug-likeness (QED) is 0.640. The van der Waals surface area contributed by atoms with Gasteiger partial charge < -0.3 is 0 Å². The fourth-order valence-electron chi connectivity index (χ4n) is 2.11. The van der Waals surface area contributed by atoms with Crippen molar-refractivity contribution in [1.82, 2.24) is 9.97 Å². The van der Waals surface area contributed by atoms with Crippen LogP contribution in [0.4, 0.5) is 0 Å². The molecule has 112 valence electrons. The Hall–Kier alpha value is -0.930. The van der Waals surface area contributed by atoms with Crippen molar-refractivity contribution in [3.05, 3.63) is 45.1 Å². The molecule has 1 aromatic heterocycles. The first kappa shape index (κ1) is 16.4. The largest absolute Gasteiger partial charge is 0.232 e. The Morgan fingerprint density at radius 3 is 2.24 bits per heavy atom. The SMILES string of the molecule is CCCc1nc(-c2ccc(C(C)(C)C)cc2)nc(Cl)c1Br. The summed E-state index contributed by atoms with van der Waals surface area (Å²) in [5.74, 6) is 0.687. The van der Waals surface area contributed by atoms with Crippen LogP contribution in [0.1, 0.15) is 45.4 Å². The van der Waals surface area contributed by atoms with E-state index < -0.39 is 0 Å². The summed E-state index contributed by atoms with van der Waals surface area (Å²) in [5.41, 5.74) is 3.40. The molecule has 0 amide bonds. The zero-order valence-electron chi connectivity index (χ0n) is 12.9. The lowest BCUT2D eigenvalue weighted by molar-refractivity contribution is 0.590. The third-order valence-corrected chi connectivity index (χ3v) is 4.71. The van der Waals surface area contributed by atoms with Crippen molar-refractivity contribution in [2.45, 2.75) is 46.0 Å². The van der Waals surface area contributed by atoms with Gasteiger partial charge in [0, 0.05) is 5.56 Å². The topological polar surface area (TPSA) is 25.8 Å². The van der Waals surface area contributed by atoms with E-state index in [9.17, 15) is 0 Å². The van der Waals surface area contributed by atoms with Crippen LogP contribution in [0.15, 0.2) is 28.7 Å². The van der Waals surface area contributed by atoms with Crippen LogP contribution in [0.3, 0.4) is 0 Å². The zero-order valence-corrected chi connectivity index (χ0v) is 15.2. The first-order valence-corrected chi connectivity index (χ1v) is 8.33. The fraction of sp³-hybridized carbons (Fsp3) is 0.412. The van der Waals surface area contributed by atoms with Crippen molar-refractivity contribution in [3.63, 3.8) is 0 Å². The molecule has 21 heavy (non-hydrogen) atoms. The minimum atomic E-state index is 0.143. The molecule has 0 N–H and O–H groups in total. The van der Waals surface area contributed by atoms with Gasteiger partial charge in [-0.1, -0.05) is 70.0 Å². The molecular formula is C17H20BrClN2. The molecule has 0 aliphatic heterocycles. The molecule has 0 spiro atoms. The van der Waals surface area contributed by atoms with Gasteiger partial charge in [-0.3, -0.25) is 0 Å². The lowest BCUT2D eigenvalue weighted by Crippen LogP contribution is -2.10. The van der Waals surface area contributed by atoms with Gasteiger partial charge in [0.05, 0.1) is 10.2 Å². The van der Waals surface area contributed by atoms with Gasteiger partial charge in [0.1, 0.15) is 5.15 Å². The summed E-state index contributed by atoms with van der Waals surface area (Å²) < 4.78 is 0.807. The standard InChI is InChI=1S/C17H20BrClN2/c1-5-6-13-14(18)15(19)21-16(20-13)11-7-9-12(10-8-11)17(2,3)4/h7-10H,5-6H2,1-4H3. The second kappa shape index (κ2) is 6.45. The predicted molar refractivity (Wildman–Crippen MR) is 92.9 cm³/mol. The van der Waals surface area contributed by atoms with E-state index in [1.54, 1.807) is 0 Å². The molecule has 4 heteroatoms. The fourth-order valence-corrected chi connectivity index (χ4v) is 2.68. The summed E-state index contributed by atoms with van der Waals surface area (Å²) in [4.78, 5) is 9.03. The Kier molecular flexibility index (Phi) is 5.05. The van der Waals surface area contributed by atoms with Crippen molar-refractivity contribution in [1.29, 1.82) is 0 Å². The minimum absolute atomic E-state index is 0.143. The average molecular weight is 368 g/mol. The molecule has 1 aromatic carbocycles. The Labute approximate surface area is 140 Å². The lowest BCUT2D eigenvalue weighted by Gasteiger charge is -2.19. The van der Waals surface area contributed by atoms with Crippen LogP contribution in [0, 0.1) is 0 Å². The number of rotatable bonds is 3. The van der Waals surface area contributed by atoms with E-state index in [1.807, 2.05) is 0 Å². The average Bonchev–Trinajstić information content (AvgIpc) is 2.43. The maximum absolute atomic E-state index is 6.21. The number of benzene rings is 1. The molecule has 0 saturated heterocycles. The highest BCUT2D eigenvalue weighted by atomic mass is 79.9. The van der Waals surface area contributed by atoms with Gasteiger partial charge in [-0.05, 0) is 33.3 Å². The lowest BCUT2D eigenvalue weighted by atomic mass is 9.87. The molecule has 2 rings (SSSR count). The van der Waals surface area contributed by atoms with E-state index in [-0.39, 0.29) is 5.41 Å². The smallest absolute Gasteiger partial charge is 0.161 e. The van der Waals surface area contributed by atoms with E-state index in [4.69, 9.17) is 11.6 Å². The number of aryl methyl sites for hydroxylation is 1. The van der Waals surface area contributed by atoms with Gasteiger partial charge >= 0.3 is 0 Å². The molecule has 0 aliphatic carbocycles. The molecule has 0 radical (unpaired) electrons. The van der Waals surface area contributed by atoms with Crippen LogP contribution >= 0.6 is 27.5 Å². The Morgan fingerprint density at radius 2 is 1.71 bits per heavy atom. The van der Waals surface area contributed by atoms with Crippen LogP contribution in [-0.4, -0.2) is 9.97 Å². The van der Waals surface area contributed by atoms with Crippen molar-refractivity contribution in [2.75, 3.05) is 0 Å². The maximum atomic E-state index is 6.21. The van der Waals surface area contributed by atoms with Crippen molar-refractivity contribution in [2.24, 2.45) is 0 Å². The summed E-state index contributed by atoms with van der Waals surface area (Å²) in [6.07, 6.45) is 1.91. The molecule has 2 aromatic rings. The molecule has 0 unspecified atom stereocenters. The van der Waals surface area contributed by atoms with E-state index in [1.165, 1.54) is 5.56 Å². The summed E-state index contributed by atoms with van der Waals surface area (Å²) in [6, 6.07) is 8.40. The Bertz CT molecular complexity index is 630. The molecule has 1 heterocycles. The maximum Gasteiger partial charge on any atom is 0.161 e. The Morgan fingerprint density at radius 1 is 1.10 bits per heavy atom. The second-order valence-electron chi connectivity index (χ2n) is 6.18. The van der Waals surface area contributed by atoms with E-state index in [0.717, 1.165) is 28.6 Å². The number of hydrogen-bond donors (Lipinski definition) is 0. The molecule has 2 nitrogen and oxygen atoms in total. The normalized spacial score (nSPS) is 11.7. The molecule has 0 fully saturated rings. The third kappa shape index (κ3) is 3.83. The van der Waals surface area contributed by atoms with E-state index >= 15 is 0 Å². The highest BCUT2D eigenvalue weighted by Crippen LogP contribution is 2.29. The molecule has 0 aliphatic rings. The van der Waals surface area contributed by atoms with Crippen LogP contribution in [0.5, 0.6) is 0 Å². The highest BCUT2D eigenvalue weighted by molar-refractivity contribution is 9.10. The van der Waals surface area contributed by atoms with E-state index in [0.29, 0.717) is 11.0 Å². The first-order valence-electron chi connectivity index (χ1n) is 7.15. The van der Waals surface area contributed by atoms with Crippen LogP contribution in [-0.2, 0) is 11.8 Å². The van der Waals surface area contributed by atoms with Gasteiger partial charge in [-0.15, -0.1) is 0 Å². The monoisotopic (exact) mass is 366 g/mol.